The van der Waals surface area contributed by atoms with Crippen LogP contribution in [0.3, 0.4) is 0 Å². The average Bonchev–Trinajstić information content (AvgIpc) is 3.10. The van der Waals surface area contributed by atoms with Crippen LogP contribution in [0.25, 0.3) is 0 Å². The van der Waals surface area contributed by atoms with Crippen molar-refractivity contribution < 1.29 is 17.9 Å². The molecule has 0 amide bonds. The molecule has 2 atom stereocenters. The van der Waals surface area contributed by atoms with Gasteiger partial charge in [0.2, 0.25) is 0 Å². The van der Waals surface area contributed by atoms with Gasteiger partial charge in [0, 0.05) is 25.7 Å². The van der Waals surface area contributed by atoms with Crippen molar-refractivity contribution in [1.82, 2.24) is 13.9 Å². The second-order valence-electron chi connectivity index (χ2n) is 5.38. The predicted octanol–water partition coefficient (Wildman–Crippen LogP) is -0.0575. The van der Waals surface area contributed by atoms with Crippen molar-refractivity contribution >= 4 is 16.2 Å². The number of nitrogens with one attached hydrogen (secondary N) is 1. The highest BCUT2D eigenvalue weighted by Crippen LogP contribution is 2.26. The van der Waals surface area contributed by atoms with E-state index >= 15 is 0 Å². The normalized spacial score (nSPS) is 27.4. The van der Waals surface area contributed by atoms with E-state index < -0.39 is 22.2 Å². The number of nitrogens with zero attached hydrogens (tertiary/aromatic N) is 2. The Morgan fingerprint density at radius 1 is 1.38 bits per heavy atom. The maximum absolute atomic E-state index is 12.9. The van der Waals surface area contributed by atoms with E-state index in [-0.39, 0.29) is 12.6 Å². The van der Waals surface area contributed by atoms with Crippen molar-refractivity contribution in [2.75, 3.05) is 32.8 Å². The minimum atomic E-state index is -3.62. The van der Waals surface area contributed by atoms with Gasteiger partial charge in [0.1, 0.15) is 6.04 Å². The molecule has 122 valence electrons. The first-order valence-corrected chi connectivity index (χ1v) is 9.08. The van der Waals surface area contributed by atoms with Gasteiger partial charge in [0.25, 0.3) is 10.2 Å². The molecule has 2 rings (SSSR count). The van der Waals surface area contributed by atoms with E-state index in [4.69, 9.17) is 4.74 Å². The fourth-order valence-corrected chi connectivity index (χ4v) is 5.15. The smallest absolute Gasteiger partial charge is 0.324 e. The van der Waals surface area contributed by atoms with Gasteiger partial charge < -0.3 is 10.1 Å². The first-order valence-electron chi connectivity index (χ1n) is 7.68. The van der Waals surface area contributed by atoms with Crippen molar-refractivity contribution in [2.24, 2.45) is 0 Å². The molecule has 2 aliphatic rings. The van der Waals surface area contributed by atoms with E-state index in [0.29, 0.717) is 32.5 Å². The van der Waals surface area contributed by atoms with Crippen molar-refractivity contribution in [1.29, 1.82) is 0 Å². The number of carbonyl (C=O) groups is 1. The van der Waals surface area contributed by atoms with Crippen LogP contribution in [0.2, 0.25) is 0 Å². The summed E-state index contributed by atoms with van der Waals surface area (Å²) < 4.78 is 33.6. The van der Waals surface area contributed by atoms with E-state index in [1.54, 1.807) is 6.92 Å². The molecule has 0 aromatic rings. The average molecular weight is 319 g/mol. The van der Waals surface area contributed by atoms with Crippen LogP contribution in [0, 0.1) is 0 Å². The molecule has 2 saturated heterocycles. The highest BCUT2D eigenvalue weighted by Gasteiger charge is 2.44. The molecule has 0 saturated carbocycles. The lowest BCUT2D eigenvalue weighted by Gasteiger charge is -2.32. The third kappa shape index (κ3) is 3.39. The van der Waals surface area contributed by atoms with Gasteiger partial charge in [-0.1, -0.05) is 6.92 Å². The maximum Gasteiger partial charge on any atom is 0.324 e. The number of ether oxygens (including phenoxy) is 1. The number of hydrogen-bond donors (Lipinski definition) is 1. The standard InChI is InChI=1S/C13H25N3O4S/c1-3-15(11-7-8-14-10-11)21(18,19)16-9-5-6-12(16)13(17)20-4-2/h11-12,14H,3-10H2,1-2H3. The van der Waals surface area contributed by atoms with Gasteiger partial charge in [-0.05, 0) is 32.7 Å². The molecule has 8 heteroatoms. The third-order valence-corrected chi connectivity index (χ3v) is 6.29. The Morgan fingerprint density at radius 3 is 2.71 bits per heavy atom. The van der Waals surface area contributed by atoms with E-state index in [2.05, 4.69) is 5.32 Å². The van der Waals surface area contributed by atoms with E-state index in [1.165, 1.54) is 8.61 Å². The van der Waals surface area contributed by atoms with Crippen LogP contribution < -0.4 is 5.32 Å². The summed E-state index contributed by atoms with van der Waals surface area (Å²) >= 11 is 0. The maximum atomic E-state index is 12.9. The molecule has 1 N–H and O–H groups in total. The summed E-state index contributed by atoms with van der Waals surface area (Å²) in [6, 6.07) is -0.693. The molecule has 2 fully saturated rings. The molecule has 0 radical (unpaired) electrons. The summed E-state index contributed by atoms with van der Waals surface area (Å²) in [6.07, 6.45) is 2.05. The van der Waals surface area contributed by atoms with Gasteiger partial charge in [0.15, 0.2) is 0 Å². The summed E-state index contributed by atoms with van der Waals surface area (Å²) in [4.78, 5) is 12.0. The minimum Gasteiger partial charge on any atom is -0.465 e. The largest absolute Gasteiger partial charge is 0.465 e. The number of hydrogen-bond acceptors (Lipinski definition) is 5. The third-order valence-electron chi connectivity index (χ3n) is 4.11. The van der Waals surface area contributed by atoms with Crippen molar-refractivity contribution in [3.8, 4) is 0 Å². The second kappa shape index (κ2) is 7.04. The molecule has 0 aliphatic carbocycles. The highest BCUT2D eigenvalue weighted by atomic mass is 32.2. The molecular formula is C13H25N3O4S. The van der Waals surface area contributed by atoms with E-state index in [9.17, 15) is 13.2 Å². The van der Waals surface area contributed by atoms with Gasteiger partial charge in [-0.3, -0.25) is 4.79 Å². The fraction of sp³-hybridized carbons (Fsp3) is 0.923. The molecule has 21 heavy (non-hydrogen) atoms. The molecule has 0 spiro atoms. The molecule has 0 aromatic heterocycles. The number of rotatable bonds is 6. The number of likely N-dealkylation sites (N-methyl/N-ethyl adjacent to an activating group) is 1. The Labute approximate surface area is 126 Å². The Morgan fingerprint density at radius 2 is 2.14 bits per heavy atom. The van der Waals surface area contributed by atoms with Crippen molar-refractivity contribution in [3.63, 3.8) is 0 Å². The van der Waals surface area contributed by atoms with Crippen LogP contribution in [0.5, 0.6) is 0 Å². The first kappa shape index (κ1) is 16.7. The van der Waals surface area contributed by atoms with Gasteiger partial charge in [0.05, 0.1) is 6.61 Å². The summed E-state index contributed by atoms with van der Waals surface area (Å²) in [5.74, 6) is -0.431. The van der Waals surface area contributed by atoms with Crippen LogP contribution in [0.1, 0.15) is 33.1 Å². The molecule has 2 aliphatic heterocycles. The van der Waals surface area contributed by atoms with Crippen LogP contribution >= 0.6 is 0 Å². The summed E-state index contributed by atoms with van der Waals surface area (Å²) in [6.45, 7) is 6.15. The monoisotopic (exact) mass is 319 g/mol. The molecule has 7 nitrogen and oxygen atoms in total. The number of carbonyl (C=O) groups excluding carboxylic acids is 1. The first-order chi connectivity index (χ1) is 10.0. The molecule has 2 unspecified atom stereocenters. The van der Waals surface area contributed by atoms with E-state index in [1.807, 2.05) is 6.92 Å². The van der Waals surface area contributed by atoms with Crippen LogP contribution in [-0.4, -0.2) is 67.9 Å². The fourth-order valence-electron chi connectivity index (χ4n) is 3.12. The summed E-state index contributed by atoms with van der Waals surface area (Å²) in [5, 5.41) is 3.19. The summed E-state index contributed by atoms with van der Waals surface area (Å²) in [5.41, 5.74) is 0. The zero-order chi connectivity index (χ0) is 15.5. The molecule has 0 aromatic carbocycles. The van der Waals surface area contributed by atoms with Gasteiger partial charge in [-0.2, -0.15) is 17.0 Å². The van der Waals surface area contributed by atoms with Crippen molar-refractivity contribution in [3.05, 3.63) is 0 Å². The topological polar surface area (TPSA) is 79.0 Å². The SMILES string of the molecule is CCOC(=O)C1CCCN1S(=O)(=O)N(CC)C1CCNC1. The highest BCUT2D eigenvalue weighted by molar-refractivity contribution is 7.86. The summed E-state index contributed by atoms with van der Waals surface area (Å²) in [7, 11) is -3.62. The lowest BCUT2D eigenvalue weighted by molar-refractivity contribution is -0.146. The zero-order valence-electron chi connectivity index (χ0n) is 12.7. The van der Waals surface area contributed by atoms with Crippen LogP contribution in [0.4, 0.5) is 0 Å². The zero-order valence-corrected chi connectivity index (χ0v) is 13.6. The Bertz CT molecular complexity index is 462. The Kier molecular flexibility index (Phi) is 5.59. The molecule has 0 bridgehead atoms. The van der Waals surface area contributed by atoms with Crippen molar-refractivity contribution in [2.45, 2.75) is 45.2 Å². The Hall–Kier alpha value is -0.700. The van der Waals surface area contributed by atoms with Gasteiger partial charge in [-0.25, -0.2) is 0 Å². The van der Waals surface area contributed by atoms with Gasteiger partial charge >= 0.3 is 5.97 Å². The molecule has 2 heterocycles. The van der Waals surface area contributed by atoms with Gasteiger partial charge in [-0.15, -0.1) is 0 Å². The minimum absolute atomic E-state index is 0.0246. The molecular weight excluding hydrogens is 294 g/mol. The lowest BCUT2D eigenvalue weighted by atomic mass is 10.2. The van der Waals surface area contributed by atoms with Crippen LogP contribution in [0.15, 0.2) is 0 Å². The van der Waals surface area contributed by atoms with E-state index in [0.717, 1.165) is 13.0 Å². The quantitative estimate of drug-likeness (QED) is 0.694. The Balaban J connectivity index is 2.18. The van der Waals surface area contributed by atoms with Crippen LogP contribution in [-0.2, 0) is 19.7 Å². The number of esters is 1. The second-order valence-corrected chi connectivity index (χ2v) is 7.21. The lowest BCUT2D eigenvalue weighted by Crippen LogP contribution is -2.52. The predicted molar refractivity (Wildman–Crippen MR) is 78.9 cm³/mol.